The summed E-state index contributed by atoms with van der Waals surface area (Å²) in [6, 6.07) is 13.5. The van der Waals surface area contributed by atoms with Crippen LogP contribution in [0.2, 0.25) is 0 Å². The van der Waals surface area contributed by atoms with Crippen LogP contribution in [0.4, 0.5) is 0 Å². The average Bonchev–Trinajstić information content (AvgIpc) is 2.47. The van der Waals surface area contributed by atoms with Crippen molar-refractivity contribution in [3.05, 3.63) is 71.3 Å². The number of rotatable bonds is 5. The minimum Gasteiger partial charge on any atom is -0.478 e. The Bertz CT molecular complexity index is 809. The fourth-order valence-electron chi connectivity index (χ4n) is 2.18. The topological polar surface area (TPSA) is 88.5 Å². The molecule has 2 rings (SSSR count). The summed E-state index contributed by atoms with van der Waals surface area (Å²) in [6.45, 7) is 0. The first kappa shape index (κ1) is 15.9. The molecule has 0 spiro atoms. The molecular weight excluding hydrogens is 304 g/mol. The van der Waals surface area contributed by atoms with Crippen molar-refractivity contribution in [1.29, 1.82) is 0 Å². The number of sulfone groups is 1. The van der Waals surface area contributed by atoms with Crippen molar-refractivity contribution in [3.63, 3.8) is 0 Å². The molecule has 0 aliphatic carbocycles. The third-order valence-electron chi connectivity index (χ3n) is 3.16. The number of benzene rings is 2. The Morgan fingerprint density at radius 3 is 2.09 bits per heavy atom. The zero-order valence-corrected chi connectivity index (χ0v) is 12.6. The molecule has 0 aliphatic rings. The van der Waals surface area contributed by atoms with Crippen LogP contribution in [-0.2, 0) is 9.84 Å². The Morgan fingerprint density at radius 1 is 0.955 bits per heavy atom. The molecule has 0 saturated heterocycles. The van der Waals surface area contributed by atoms with Crippen molar-refractivity contribution in [3.8, 4) is 0 Å². The molecule has 0 aromatic heterocycles. The number of hydrogen-bond donors (Lipinski definition) is 1. The van der Waals surface area contributed by atoms with Crippen molar-refractivity contribution in [1.82, 2.24) is 0 Å². The molecule has 0 amide bonds. The molecule has 0 saturated carbocycles. The van der Waals surface area contributed by atoms with Gasteiger partial charge < -0.3 is 5.11 Å². The van der Waals surface area contributed by atoms with Gasteiger partial charge >= 0.3 is 5.97 Å². The van der Waals surface area contributed by atoms with Crippen molar-refractivity contribution < 1.29 is 23.1 Å². The molecule has 0 bridgehead atoms. The Labute approximate surface area is 128 Å². The minimum absolute atomic E-state index is 0.0548. The quantitative estimate of drug-likeness (QED) is 0.855. The van der Waals surface area contributed by atoms with E-state index in [0.717, 1.165) is 6.26 Å². The summed E-state index contributed by atoms with van der Waals surface area (Å²) in [6.07, 6.45) is 0.990. The van der Waals surface area contributed by atoms with Crippen molar-refractivity contribution in [2.75, 3.05) is 6.26 Å². The molecule has 6 heteroatoms. The van der Waals surface area contributed by atoms with Crippen LogP contribution in [0.3, 0.4) is 0 Å². The van der Waals surface area contributed by atoms with Crippen LogP contribution in [0.25, 0.3) is 0 Å². The summed E-state index contributed by atoms with van der Waals surface area (Å²) in [5.41, 5.74) is 0.348. The van der Waals surface area contributed by atoms with Crippen molar-refractivity contribution in [2.24, 2.45) is 0 Å². The lowest BCUT2D eigenvalue weighted by atomic mass is 10.0. The molecule has 1 atom stereocenters. The van der Waals surface area contributed by atoms with E-state index in [1.807, 2.05) is 0 Å². The molecule has 0 heterocycles. The van der Waals surface area contributed by atoms with Gasteiger partial charge in [-0.25, -0.2) is 13.2 Å². The SMILES string of the molecule is CS(=O)(=O)C(C(=O)c1cccc(C(=O)O)c1)c1ccccc1. The van der Waals surface area contributed by atoms with Crippen LogP contribution in [0.1, 0.15) is 31.5 Å². The first-order valence-corrected chi connectivity index (χ1v) is 8.37. The largest absolute Gasteiger partial charge is 0.478 e. The maximum Gasteiger partial charge on any atom is 0.335 e. The molecule has 1 N–H and O–H groups in total. The fourth-order valence-corrected chi connectivity index (χ4v) is 3.35. The van der Waals surface area contributed by atoms with E-state index in [0.29, 0.717) is 5.56 Å². The highest BCUT2D eigenvalue weighted by molar-refractivity contribution is 7.91. The average molecular weight is 318 g/mol. The van der Waals surface area contributed by atoms with Gasteiger partial charge in [0.25, 0.3) is 0 Å². The third-order valence-corrected chi connectivity index (χ3v) is 4.51. The number of carboxylic acid groups (broad SMARTS) is 1. The van der Waals surface area contributed by atoms with Gasteiger partial charge in [0.15, 0.2) is 15.6 Å². The highest BCUT2D eigenvalue weighted by Gasteiger charge is 2.31. The van der Waals surface area contributed by atoms with Gasteiger partial charge in [-0.1, -0.05) is 42.5 Å². The molecular formula is C16H14O5S. The minimum atomic E-state index is -3.70. The maximum absolute atomic E-state index is 12.6. The summed E-state index contributed by atoms with van der Waals surface area (Å²) in [4.78, 5) is 23.6. The van der Waals surface area contributed by atoms with E-state index in [4.69, 9.17) is 5.11 Å². The van der Waals surface area contributed by atoms with Gasteiger partial charge in [0.1, 0.15) is 5.25 Å². The van der Waals surface area contributed by atoms with Crippen LogP contribution in [0, 0.1) is 0 Å². The number of carbonyl (C=O) groups excluding carboxylic acids is 1. The summed E-state index contributed by atoms with van der Waals surface area (Å²) in [5.74, 6) is -1.82. The summed E-state index contributed by atoms with van der Waals surface area (Å²) in [7, 11) is -3.70. The van der Waals surface area contributed by atoms with Crippen molar-refractivity contribution in [2.45, 2.75) is 5.25 Å². The van der Waals surface area contributed by atoms with E-state index in [-0.39, 0.29) is 11.1 Å². The molecule has 2 aromatic rings. The van der Waals surface area contributed by atoms with Gasteiger partial charge in [-0.05, 0) is 17.7 Å². The summed E-state index contributed by atoms with van der Waals surface area (Å²) in [5, 5.41) is 7.63. The standard InChI is InChI=1S/C16H14O5S/c1-22(20,21)15(11-6-3-2-4-7-11)14(17)12-8-5-9-13(10-12)16(18)19/h2-10,15H,1H3,(H,18,19). The highest BCUT2D eigenvalue weighted by atomic mass is 32.2. The van der Waals surface area contributed by atoms with E-state index in [1.165, 1.54) is 24.3 Å². The predicted molar refractivity (Wildman–Crippen MR) is 81.8 cm³/mol. The molecule has 2 aromatic carbocycles. The Hall–Kier alpha value is -2.47. The van der Waals surface area contributed by atoms with E-state index in [9.17, 15) is 18.0 Å². The Morgan fingerprint density at radius 2 is 1.55 bits per heavy atom. The molecule has 114 valence electrons. The fraction of sp³-hybridized carbons (Fsp3) is 0.125. The summed E-state index contributed by atoms with van der Waals surface area (Å²) >= 11 is 0. The van der Waals surface area contributed by atoms with Gasteiger partial charge in [-0.15, -0.1) is 0 Å². The van der Waals surface area contributed by atoms with Crippen LogP contribution >= 0.6 is 0 Å². The van der Waals surface area contributed by atoms with Crippen LogP contribution in [0.15, 0.2) is 54.6 Å². The number of ketones is 1. The molecule has 0 fully saturated rings. The van der Waals surface area contributed by atoms with Crippen LogP contribution in [-0.4, -0.2) is 31.5 Å². The number of carboxylic acids is 1. The number of aromatic carboxylic acids is 1. The van der Waals surface area contributed by atoms with E-state index in [1.54, 1.807) is 30.3 Å². The van der Waals surface area contributed by atoms with E-state index < -0.39 is 26.8 Å². The maximum atomic E-state index is 12.6. The van der Waals surface area contributed by atoms with E-state index in [2.05, 4.69) is 0 Å². The highest BCUT2D eigenvalue weighted by Crippen LogP contribution is 2.26. The smallest absolute Gasteiger partial charge is 0.335 e. The van der Waals surface area contributed by atoms with Gasteiger partial charge in [0.05, 0.1) is 5.56 Å². The molecule has 1 unspecified atom stereocenters. The van der Waals surface area contributed by atoms with Crippen molar-refractivity contribution >= 4 is 21.6 Å². The molecule has 0 radical (unpaired) electrons. The van der Waals surface area contributed by atoms with Gasteiger partial charge in [0, 0.05) is 11.8 Å². The normalized spacial score (nSPS) is 12.6. The third kappa shape index (κ3) is 3.40. The molecule has 22 heavy (non-hydrogen) atoms. The second-order valence-electron chi connectivity index (χ2n) is 4.87. The monoisotopic (exact) mass is 318 g/mol. The lowest BCUT2D eigenvalue weighted by molar-refractivity contribution is 0.0697. The first-order valence-electron chi connectivity index (χ1n) is 6.42. The second-order valence-corrected chi connectivity index (χ2v) is 7.00. The zero-order valence-electron chi connectivity index (χ0n) is 11.8. The number of carbonyl (C=O) groups is 2. The number of hydrogen-bond acceptors (Lipinski definition) is 4. The lowest BCUT2D eigenvalue weighted by Gasteiger charge is -2.14. The predicted octanol–water partition coefficient (Wildman–Crippen LogP) is 2.35. The summed E-state index contributed by atoms with van der Waals surface area (Å²) < 4.78 is 24.1. The van der Waals surface area contributed by atoms with Crippen LogP contribution < -0.4 is 0 Å². The van der Waals surface area contributed by atoms with E-state index >= 15 is 0 Å². The molecule has 5 nitrogen and oxygen atoms in total. The number of Topliss-reactive ketones (excluding diaryl/α,β-unsaturated/α-hetero) is 1. The second kappa shape index (κ2) is 6.11. The van der Waals surface area contributed by atoms with Gasteiger partial charge in [-0.3, -0.25) is 4.79 Å². The Balaban J connectivity index is 2.52. The Kier molecular flexibility index (Phi) is 4.42. The molecule has 0 aliphatic heterocycles. The van der Waals surface area contributed by atoms with Gasteiger partial charge in [-0.2, -0.15) is 0 Å². The first-order chi connectivity index (χ1) is 10.3. The lowest BCUT2D eigenvalue weighted by Crippen LogP contribution is -2.21. The van der Waals surface area contributed by atoms with Crippen LogP contribution in [0.5, 0.6) is 0 Å². The van der Waals surface area contributed by atoms with Gasteiger partial charge in [0.2, 0.25) is 0 Å². The zero-order chi connectivity index (χ0) is 16.3.